The number of nitrogens with one attached hydrogen (secondary N) is 2. The predicted molar refractivity (Wildman–Crippen MR) is 127 cm³/mol. The Hall–Kier alpha value is -0.960. The lowest BCUT2D eigenvalue weighted by molar-refractivity contribution is 0.506. The number of thioether (sulfide) groups is 1. The summed E-state index contributed by atoms with van der Waals surface area (Å²) in [5, 5.41) is 8.13. The second kappa shape index (κ2) is 8.37. The summed E-state index contributed by atoms with van der Waals surface area (Å²) < 4.78 is 0. The van der Waals surface area contributed by atoms with Crippen LogP contribution in [0.1, 0.15) is 18.1 Å². The summed E-state index contributed by atoms with van der Waals surface area (Å²) in [4.78, 5) is 4.62. The summed E-state index contributed by atoms with van der Waals surface area (Å²) in [6.45, 7) is 3.27. The highest BCUT2D eigenvalue weighted by Crippen LogP contribution is 2.44. The maximum atomic E-state index is 4.63. The van der Waals surface area contributed by atoms with Gasteiger partial charge in [0.05, 0.1) is 16.6 Å². The van der Waals surface area contributed by atoms with Gasteiger partial charge in [-0.2, -0.15) is 0 Å². The molecule has 2 aromatic rings. The Labute approximate surface area is 181 Å². The van der Waals surface area contributed by atoms with Crippen molar-refractivity contribution in [2.24, 2.45) is 4.99 Å². The van der Waals surface area contributed by atoms with Crippen LogP contribution in [0, 0.1) is 0 Å². The van der Waals surface area contributed by atoms with Crippen LogP contribution in [0.25, 0.3) is 6.08 Å². The van der Waals surface area contributed by atoms with Crippen LogP contribution < -0.4 is 10.6 Å². The zero-order chi connectivity index (χ0) is 17.3. The molecule has 0 amide bonds. The summed E-state index contributed by atoms with van der Waals surface area (Å²) in [6.07, 6.45) is 2.31. The number of thiol groups is 1. The number of hydrogen-bond donors (Lipinski definition) is 3. The van der Waals surface area contributed by atoms with Gasteiger partial charge in [-0.05, 0) is 35.8 Å². The van der Waals surface area contributed by atoms with Gasteiger partial charge < -0.3 is 10.6 Å². The molecule has 26 heavy (non-hydrogen) atoms. The number of aliphatic imine (C=N–C) groups is 1. The summed E-state index contributed by atoms with van der Waals surface area (Å²) in [5.41, 5.74) is 4.46. The average molecular weight is 495 g/mol. The zero-order valence-corrected chi connectivity index (χ0v) is 18.5. The summed E-state index contributed by atoms with van der Waals surface area (Å²) in [7, 11) is 0. The van der Waals surface area contributed by atoms with Crippen molar-refractivity contribution in [3.05, 3.63) is 71.3 Å². The van der Waals surface area contributed by atoms with Gasteiger partial charge in [0.25, 0.3) is 0 Å². The van der Waals surface area contributed by atoms with E-state index < -0.39 is 0 Å². The van der Waals surface area contributed by atoms with E-state index in [9.17, 15) is 0 Å². The molecule has 136 valence electrons. The molecule has 0 spiro atoms. The zero-order valence-electron chi connectivity index (χ0n) is 14.5. The third-order valence-electron chi connectivity index (χ3n) is 4.74. The van der Waals surface area contributed by atoms with Crippen LogP contribution in [0.5, 0.6) is 0 Å². The minimum atomic E-state index is -0.318. The van der Waals surface area contributed by atoms with Crippen LogP contribution in [-0.2, 0) is 5.54 Å². The van der Waals surface area contributed by atoms with Gasteiger partial charge in [-0.15, -0.1) is 48.4 Å². The number of hydrogen-bond acceptors (Lipinski definition) is 3. The van der Waals surface area contributed by atoms with E-state index in [4.69, 9.17) is 0 Å². The smallest absolute Gasteiger partial charge is 0.159 e. The predicted octanol–water partition coefficient (Wildman–Crippen LogP) is 4.79. The molecule has 2 N–H and O–H groups in total. The minimum absolute atomic E-state index is 0. The van der Waals surface area contributed by atoms with E-state index in [0.29, 0.717) is 10.5 Å². The van der Waals surface area contributed by atoms with Crippen molar-refractivity contribution < 1.29 is 0 Å². The molecule has 1 fully saturated rings. The minimum Gasteiger partial charge on any atom is -0.352 e. The average Bonchev–Trinajstić information content (AvgIpc) is 3.23. The topological polar surface area (TPSA) is 36.4 Å². The van der Waals surface area contributed by atoms with Crippen LogP contribution in [-0.4, -0.2) is 22.8 Å². The Balaban J connectivity index is 0.00000196. The molecule has 3 nitrogen and oxygen atoms in total. The molecule has 0 aromatic heterocycles. The highest BCUT2D eigenvalue weighted by molar-refractivity contribution is 14.0. The van der Waals surface area contributed by atoms with Crippen LogP contribution in [0.3, 0.4) is 0 Å². The molecular formula is C20H22IN3S2. The second-order valence-corrected chi connectivity index (χ2v) is 8.05. The van der Waals surface area contributed by atoms with Gasteiger partial charge in [0, 0.05) is 12.3 Å². The molecule has 0 bridgehead atoms. The maximum absolute atomic E-state index is 4.63. The van der Waals surface area contributed by atoms with E-state index in [-0.39, 0.29) is 29.5 Å². The monoisotopic (exact) mass is 495 g/mol. The molecule has 2 aliphatic rings. The van der Waals surface area contributed by atoms with Crippen LogP contribution in [0.2, 0.25) is 0 Å². The first kappa shape index (κ1) is 19.8. The maximum Gasteiger partial charge on any atom is 0.159 e. The number of halogens is 1. The quantitative estimate of drug-likeness (QED) is 0.248. The molecule has 2 aromatic carbocycles. The van der Waals surface area contributed by atoms with E-state index >= 15 is 0 Å². The molecule has 0 radical (unpaired) electrons. The number of fused-ring (bicyclic) bond motifs is 1. The third-order valence-corrected chi connectivity index (χ3v) is 6.15. The number of benzene rings is 2. The summed E-state index contributed by atoms with van der Waals surface area (Å²) in [5.74, 6) is 1.14. The molecule has 1 aliphatic heterocycles. The molecule has 0 saturated carbocycles. The lowest BCUT2D eigenvalue weighted by Crippen LogP contribution is -2.46. The number of nitrogens with zero attached hydrogens (tertiary/aromatic N) is 1. The Morgan fingerprint density at radius 2 is 1.92 bits per heavy atom. The van der Waals surface area contributed by atoms with Gasteiger partial charge in [-0.25, -0.2) is 4.99 Å². The van der Waals surface area contributed by atoms with Gasteiger partial charge in [-0.1, -0.05) is 48.5 Å². The van der Waals surface area contributed by atoms with Crippen molar-refractivity contribution in [2.45, 2.75) is 17.8 Å². The van der Waals surface area contributed by atoms with Crippen LogP contribution in [0.4, 0.5) is 5.69 Å². The number of rotatable bonds is 3. The van der Waals surface area contributed by atoms with Gasteiger partial charge >= 0.3 is 0 Å². The molecule has 1 heterocycles. The SMILES string of the molecule is CC1(NC(S)=Nc2ccccc2)C(C2NCCS2)=Cc2ccccc21.I. The van der Waals surface area contributed by atoms with Gasteiger partial charge in [0.1, 0.15) is 0 Å². The lowest BCUT2D eigenvalue weighted by Gasteiger charge is -2.34. The van der Waals surface area contributed by atoms with E-state index in [0.717, 1.165) is 18.0 Å². The van der Waals surface area contributed by atoms with Crippen molar-refractivity contribution in [1.82, 2.24) is 10.6 Å². The van der Waals surface area contributed by atoms with E-state index in [1.165, 1.54) is 16.7 Å². The molecule has 1 saturated heterocycles. The van der Waals surface area contributed by atoms with E-state index in [2.05, 4.69) is 65.5 Å². The first-order chi connectivity index (χ1) is 12.2. The normalized spacial score (nSPS) is 24.6. The Morgan fingerprint density at radius 1 is 1.19 bits per heavy atom. The Kier molecular flexibility index (Phi) is 6.37. The molecule has 6 heteroatoms. The lowest BCUT2D eigenvalue weighted by atomic mass is 9.88. The van der Waals surface area contributed by atoms with E-state index in [1.807, 2.05) is 42.1 Å². The largest absolute Gasteiger partial charge is 0.352 e. The van der Waals surface area contributed by atoms with Crippen molar-refractivity contribution in [3.63, 3.8) is 0 Å². The van der Waals surface area contributed by atoms with Crippen molar-refractivity contribution in [2.75, 3.05) is 12.3 Å². The molecule has 2 unspecified atom stereocenters. The fourth-order valence-electron chi connectivity index (χ4n) is 3.52. The number of amidine groups is 1. The first-order valence-electron chi connectivity index (χ1n) is 8.44. The van der Waals surface area contributed by atoms with Crippen molar-refractivity contribution >= 4 is 65.3 Å². The second-order valence-electron chi connectivity index (χ2n) is 6.41. The third kappa shape index (κ3) is 3.83. The van der Waals surface area contributed by atoms with E-state index in [1.54, 1.807) is 0 Å². The summed E-state index contributed by atoms with van der Waals surface area (Å²) >= 11 is 6.59. The molecule has 1 aliphatic carbocycles. The highest BCUT2D eigenvalue weighted by atomic mass is 127. The fourth-order valence-corrected chi connectivity index (χ4v) is 5.05. The van der Waals surface area contributed by atoms with Crippen LogP contribution in [0.15, 0.2) is 65.2 Å². The Morgan fingerprint density at radius 3 is 2.65 bits per heavy atom. The summed E-state index contributed by atoms with van der Waals surface area (Å²) in [6, 6.07) is 18.5. The van der Waals surface area contributed by atoms with Gasteiger partial charge in [0.2, 0.25) is 0 Å². The highest BCUT2D eigenvalue weighted by Gasteiger charge is 2.42. The van der Waals surface area contributed by atoms with Crippen LogP contribution >= 0.6 is 48.4 Å². The molecular weight excluding hydrogens is 473 g/mol. The van der Waals surface area contributed by atoms with Crippen molar-refractivity contribution in [1.29, 1.82) is 0 Å². The van der Waals surface area contributed by atoms with Gasteiger partial charge in [-0.3, -0.25) is 0 Å². The Bertz CT molecular complexity index is 832. The number of para-hydroxylation sites is 1. The first-order valence-corrected chi connectivity index (χ1v) is 9.94. The fraction of sp³-hybridized carbons (Fsp3) is 0.250. The standard InChI is InChI=1S/C20H21N3S2.HI/c1-20(23-19(24)22-15-8-3-2-4-9-15)16-10-6-5-7-14(16)13-17(20)18-21-11-12-25-18;/h2-10,13,18,21H,11-12H2,1H3,(H2,22,23,24);1H. The van der Waals surface area contributed by atoms with Crippen molar-refractivity contribution in [3.8, 4) is 0 Å². The molecule has 2 atom stereocenters. The van der Waals surface area contributed by atoms with Gasteiger partial charge in [0.15, 0.2) is 5.17 Å². The molecule has 4 rings (SSSR count).